The van der Waals surface area contributed by atoms with E-state index in [4.69, 9.17) is 21.1 Å². The molecule has 0 unspecified atom stereocenters. The highest BCUT2D eigenvalue weighted by atomic mass is 35.5. The number of piperazine rings is 1. The van der Waals surface area contributed by atoms with E-state index in [2.05, 4.69) is 4.90 Å². The van der Waals surface area contributed by atoms with E-state index in [0.717, 1.165) is 18.7 Å². The van der Waals surface area contributed by atoms with Crippen LogP contribution in [0.3, 0.4) is 0 Å². The molecular formula is C20H22ClFN2O3. The number of carbonyl (C=O) groups excluding carboxylic acids is 1. The maximum absolute atomic E-state index is 13.2. The normalized spacial score (nSPS) is 14.9. The molecule has 0 atom stereocenters. The molecule has 1 aliphatic rings. The number of amides is 1. The molecule has 0 aromatic heterocycles. The third kappa shape index (κ3) is 4.70. The highest BCUT2D eigenvalue weighted by Crippen LogP contribution is 2.24. The first kappa shape index (κ1) is 19.5. The molecule has 0 spiro atoms. The number of carbonyl (C=O) groups is 1. The Morgan fingerprint density at radius 2 is 1.67 bits per heavy atom. The van der Waals surface area contributed by atoms with Gasteiger partial charge in [-0.25, -0.2) is 4.39 Å². The Morgan fingerprint density at radius 1 is 1.04 bits per heavy atom. The van der Waals surface area contributed by atoms with Crippen LogP contribution in [0.5, 0.6) is 11.5 Å². The first-order chi connectivity index (χ1) is 13.0. The maximum atomic E-state index is 13.2. The fourth-order valence-electron chi connectivity index (χ4n) is 3.11. The Morgan fingerprint density at radius 3 is 2.22 bits per heavy atom. The number of nitrogens with zero attached hydrogens (tertiary/aromatic N) is 2. The van der Waals surface area contributed by atoms with Crippen molar-refractivity contribution in [2.45, 2.75) is 6.54 Å². The Bertz CT molecular complexity index is 801. The third-order valence-electron chi connectivity index (χ3n) is 4.67. The predicted octanol–water partition coefficient (Wildman–Crippen LogP) is 3.45. The van der Waals surface area contributed by atoms with E-state index < -0.39 is 0 Å². The molecule has 27 heavy (non-hydrogen) atoms. The van der Waals surface area contributed by atoms with Gasteiger partial charge in [-0.1, -0.05) is 17.7 Å². The summed E-state index contributed by atoms with van der Waals surface area (Å²) in [6.45, 7) is 3.30. The van der Waals surface area contributed by atoms with E-state index in [1.165, 1.54) is 12.1 Å². The first-order valence-corrected chi connectivity index (χ1v) is 9.06. The predicted molar refractivity (Wildman–Crippen MR) is 102 cm³/mol. The lowest BCUT2D eigenvalue weighted by Gasteiger charge is -2.35. The number of benzene rings is 2. The molecule has 0 bridgehead atoms. The molecule has 1 aliphatic heterocycles. The van der Waals surface area contributed by atoms with Crippen molar-refractivity contribution in [1.29, 1.82) is 0 Å². The van der Waals surface area contributed by atoms with Gasteiger partial charge in [0.2, 0.25) is 0 Å². The molecule has 3 rings (SSSR count). The SMILES string of the molecule is COc1cc(OC)cc(C(=O)N2CCN(Cc3ccc(F)cc3Cl)CC2)c1. The van der Waals surface area contributed by atoms with E-state index in [0.29, 0.717) is 41.7 Å². The number of hydrogen-bond donors (Lipinski definition) is 0. The molecule has 1 amide bonds. The Hall–Kier alpha value is -2.31. The van der Waals surface area contributed by atoms with Crippen LogP contribution in [0.1, 0.15) is 15.9 Å². The maximum Gasteiger partial charge on any atom is 0.254 e. The van der Waals surface area contributed by atoms with Crippen molar-refractivity contribution >= 4 is 17.5 Å². The molecule has 0 aliphatic carbocycles. The van der Waals surface area contributed by atoms with E-state index in [-0.39, 0.29) is 11.7 Å². The average molecular weight is 393 g/mol. The first-order valence-electron chi connectivity index (χ1n) is 8.69. The van der Waals surface area contributed by atoms with Gasteiger partial charge in [0.25, 0.3) is 5.91 Å². The lowest BCUT2D eigenvalue weighted by atomic mass is 10.1. The van der Waals surface area contributed by atoms with Gasteiger partial charge in [-0.2, -0.15) is 0 Å². The summed E-state index contributed by atoms with van der Waals surface area (Å²) in [5.41, 5.74) is 1.43. The van der Waals surface area contributed by atoms with E-state index >= 15 is 0 Å². The van der Waals surface area contributed by atoms with Crippen LogP contribution < -0.4 is 9.47 Å². The molecule has 0 N–H and O–H groups in total. The zero-order valence-corrected chi connectivity index (χ0v) is 16.1. The van der Waals surface area contributed by atoms with Gasteiger partial charge in [0.15, 0.2) is 0 Å². The van der Waals surface area contributed by atoms with Crippen LogP contribution in [-0.2, 0) is 6.54 Å². The molecule has 1 heterocycles. The summed E-state index contributed by atoms with van der Waals surface area (Å²) in [5, 5.41) is 0.428. The summed E-state index contributed by atoms with van der Waals surface area (Å²) in [6, 6.07) is 9.62. The molecular weight excluding hydrogens is 371 g/mol. The van der Waals surface area contributed by atoms with Crippen molar-refractivity contribution < 1.29 is 18.7 Å². The smallest absolute Gasteiger partial charge is 0.254 e. The molecule has 0 radical (unpaired) electrons. The van der Waals surface area contributed by atoms with Crippen molar-refractivity contribution in [2.24, 2.45) is 0 Å². The van der Waals surface area contributed by atoms with Gasteiger partial charge in [0, 0.05) is 49.4 Å². The Kier molecular flexibility index (Phi) is 6.19. The van der Waals surface area contributed by atoms with Gasteiger partial charge in [-0.15, -0.1) is 0 Å². The number of rotatable bonds is 5. The van der Waals surface area contributed by atoms with Crippen LogP contribution in [0.2, 0.25) is 5.02 Å². The summed E-state index contributed by atoms with van der Waals surface area (Å²) in [7, 11) is 3.12. The van der Waals surface area contributed by atoms with E-state index in [1.54, 1.807) is 38.5 Å². The van der Waals surface area contributed by atoms with Crippen LogP contribution in [0.15, 0.2) is 36.4 Å². The number of methoxy groups -OCH3 is 2. The van der Waals surface area contributed by atoms with Gasteiger partial charge < -0.3 is 14.4 Å². The number of ether oxygens (including phenoxy) is 2. The van der Waals surface area contributed by atoms with E-state index in [1.807, 2.05) is 4.90 Å². The number of halogens is 2. The zero-order valence-electron chi connectivity index (χ0n) is 15.4. The minimum absolute atomic E-state index is 0.0494. The fourth-order valence-corrected chi connectivity index (χ4v) is 3.34. The topological polar surface area (TPSA) is 42.0 Å². The molecule has 1 saturated heterocycles. The largest absolute Gasteiger partial charge is 0.497 e. The lowest BCUT2D eigenvalue weighted by molar-refractivity contribution is 0.0627. The average Bonchev–Trinajstić information content (AvgIpc) is 2.69. The minimum atomic E-state index is -0.340. The molecule has 7 heteroatoms. The van der Waals surface area contributed by atoms with Crippen molar-refractivity contribution in [2.75, 3.05) is 40.4 Å². The highest BCUT2D eigenvalue weighted by Gasteiger charge is 2.23. The Labute approximate surface area is 163 Å². The van der Waals surface area contributed by atoms with E-state index in [9.17, 15) is 9.18 Å². The van der Waals surface area contributed by atoms with Gasteiger partial charge in [0.05, 0.1) is 14.2 Å². The quantitative estimate of drug-likeness (QED) is 0.781. The fraction of sp³-hybridized carbons (Fsp3) is 0.350. The van der Waals surface area contributed by atoms with Crippen molar-refractivity contribution in [3.05, 3.63) is 58.4 Å². The summed E-state index contributed by atoms with van der Waals surface area (Å²) in [6.07, 6.45) is 0. The van der Waals surface area contributed by atoms with Crippen molar-refractivity contribution in [1.82, 2.24) is 9.80 Å². The minimum Gasteiger partial charge on any atom is -0.497 e. The summed E-state index contributed by atoms with van der Waals surface area (Å²) < 4.78 is 23.7. The molecule has 144 valence electrons. The second kappa shape index (κ2) is 8.59. The second-order valence-corrected chi connectivity index (χ2v) is 6.81. The van der Waals surface area contributed by atoms with Crippen LogP contribution >= 0.6 is 11.6 Å². The third-order valence-corrected chi connectivity index (χ3v) is 5.02. The zero-order chi connectivity index (χ0) is 19.4. The van der Waals surface area contributed by atoms with Gasteiger partial charge in [0.1, 0.15) is 17.3 Å². The molecule has 1 fully saturated rings. The standard InChI is InChI=1S/C20H22ClFN2O3/c1-26-17-9-15(10-18(12-17)27-2)20(25)24-7-5-23(6-8-24)13-14-3-4-16(22)11-19(14)21/h3-4,9-12H,5-8,13H2,1-2H3. The summed E-state index contributed by atoms with van der Waals surface area (Å²) in [4.78, 5) is 16.8. The lowest BCUT2D eigenvalue weighted by Crippen LogP contribution is -2.48. The Balaban J connectivity index is 1.62. The molecule has 0 saturated carbocycles. The van der Waals surface area contributed by atoms with Gasteiger partial charge in [-0.3, -0.25) is 9.69 Å². The second-order valence-electron chi connectivity index (χ2n) is 6.41. The van der Waals surface area contributed by atoms with Gasteiger partial charge in [-0.05, 0) is 29.8 Å². The summed E-state index contributed by atoms with van der Waals surface area (Å²) >= 11 is 6.11. The van der Waals surface area contributed by atoms with Crippen LogP contribution in [0.25, 0.3) is 0 Å². The molecule has 2 aromatic rings. The summed E-state index contributed by atoms with van der Waals surface area (Å²) in [5.74, 6) is 0.782. The molecule has 5 nitrogen and oxygen atoms in total. The monoisotopic (exact) mass is 392 g/mol. The van der Waals surface area contributed by atoms with Gasteiger partial charge >= 0.3 is 0 Å². The van der Waals surface area contributed by atoms with Crippen LogP contribution in [0, 0.1) is 5.82 Å². The van der Waals surface area contributed by atoms with Crippen molar-refractivity contribution in [3.8, 4) is 11.5 Å². The van der Waals surface area contributed by atoms with Crippen LogP contribution in [0.4, 0.5) is 4.39 Å². The highest BCUT2D eigenvalue weighted by molar-refractivity contribution is 6.31. The molecule has 2 aromatic carbocycles. The number of hydrogen-bond acceptors (Lipinski definition) is 4. The van der Waals surface area contributed by atoms with Crippen LogP contribution in [-0.4, -0.2) is 56.1 Å². The van der Waals surface area contributed by atoms with Crippen molar-refractivity contribution in [3.63, 3.8) is 0 Å².